The van der Waals surface area contributed by atoms with Crippen LogP contribution in [-0.2, 0) is 17.7 Å². The second kappa shape index (κ2) is 6.67. The van der Waals surface area contributed by atoms with Gasteiger partial charge in [0.05, 0.1) is 12.7 Å². The fraction of sp³-hybridized carbons (Fsp3) is 0.300. The summed E-state index contributed by atoms with van der Waals surface area (Å²) >= 11 is 0. The quantitative estimate of drug-likeness (QED) is 0.804. The maximum absolute atomic E-state index is 13.4. The molecule has 5 heteroatoms. The molecule has 0 radical (unpaired) electrons. The smallest absolute Gasteiger partial charge is 0.338 e. The molecule has 0 saturated carbocycles. The third kappa shape index (κ3) is 3.14. The Morgan fingerprint density at radius 3 is 2.72 bits per heavy atom. The van der Waals surface area contributed by atoms with E-state index in [1.54, 1.807) is 24.0 Å². The van der Waals surface area contributed by atoms with Crippen molar-refractivity contribution in [3.63, 3.8) is 0 Å². The van der Waals surface area contributed by atoms with Crippen LogP contribution in [-0.4, -0.2) is 30.4 Å². The summed E-state index contributed by atoms with van der Waals surface area (Å²) < 4.78 is 18.2. The zero-order valence-electron chi connectivity index (χ0n) is 14.6. The number of ether oxygens (including phenoxy) is 1. The molecule has 25 heavy (non-hydrogen) atoms. The summed E-state index contributed by atoms with van der Waals surface area (Å²) in [5, 5.41) is 0. The molecule has 4 nitrogen and oxygen atoms in total. The van der Waals surface area contributed by atoms with E-state index in [0.29, 0.717) is 30.6 Å². The van der Waals surface area contributed by atoms with E-state index in [9.17, 15) is 14.0 Å². The molecular weight excluding hydrogens is 321 g/mol. The predicted molar refractivity (Wildman–Crippen MR) is 92.1 cm³/mol. The molecule has 1 amide bonds. The molecule has 0 bridgehead atoms. The molecule has 0 saturated heterocycles. The molecule has 0 aliphatic carbocycles. The van der Waals surface area contributed by atoms with Crippen molar-refractivity contribution in [1.29, 1.82) is 0 Å². The van der Waals surface area contributed by atoms with Crippen molar-refractivity contribution < 1.29 is 18.7 Å². The van der Waals surface area contributed by atoms with Gasteiger partial charge < -0.3 is 9.64 Å². The van der Waals surface area contributed by atoms with Gasteiger partial charge in [0.1, 0.15) is 5.82 Å². The summed E-state index contributed by atoms with van der Waals surface area (Å²) in [7, 11) is 1.35. The van der Waals surface area contributed by atoms with Crippen LogP contribution in [0.2, 0.25) is 0 Å². The fourth-order valence-electron chi connectivity index (χ4n) is 3.48. The lowest BCUT2D eigenvalue weighted by molar-refractivity contribution is 0.0597. The first-order valence-electron chi connectivity index (χ1n) is 8.17. The largest absolute Gasteiger partial charge is 0.465 e. The van der Waals surface area contributed by atoms with Gasteiger partial charge in [-0.15, -0.1) is 0 Å². The Morgan fingerprint density at radius 2 is 2.04 bits per heavy atom. The van der Waals surface area contributed by atoms with Crippen LogP contribution in [0.15, 0.2) is 30.3 Å². The van der Waals surface area contributed by atoms with E-state index in [2.05, 4.69) is 0 Å². The minimum Gasteiger partial charge on any atom is -0.465 e. The molecule has 1 heterocycles. The van der Waals surface area contributed by atoms with E-state index in [-0.39, 0.29) is 17.7 Å². The molecule has 0 fully saturated rings. The van der Waals surface area contributed by atoms with Gasteiger partial charge in [0, 0.05) is 18.7 Å². The van der Waals surface area contributed by atoms with Crippen LogP contribution in [0.1, 0.15) is 43.0 Å². The minimum absolute atomic E-state index is 0.0897. The van der Waals surface area contributed by atoms with Gasteiger partial charge in [0.2, 0.25) is 0 Å². The predicted octanol–water partition coefficient (Wildman–Crippen LogP) is 3.43. The van der Waals surface area contributed by atoms with Crippen LogP contribution in [0.5, 0.6) is 0 Å². The van der Waals surface area contributed by atoms with Crippen molar-refractivity contribution in [2.24, 2.45) is 0 Å². The molecule has 2 aromatic carbocycles. The summed E-state index contributed by atoms with van der Waals surface area (Å²) in [5.41, 5.74) is 4.34. The standard InChI is InChI=1S/C20H20FNO3/c1-12-9-17-16(13(2)18(12)20(24)25-3)7-8-22(19(17)23)11-14-5-4-6-15(21)10-14/h4-6,9-10H,7-8,11H2,1-3H3. The molecule has 2 aromatic rings. The number of carbonyl (C=O) groups is 2. The van der Waals surface area contributed by atoms with E-state index in [1.165, 1.54) is 19.2 Å². The first-order chi connectivity index (χ1) is 11.9. The van der Waals surface area contributed by atoms with Gasteiger partial charge in [-0.05, 0) is 60.7 Å². The van der Waals surface area contributed by atoms with Crippen LogP contribution in [0, 0.1) is 19.7 Å². The number of hydrogen-bond donors (Lipinski definition) is 0. The van der Waals surface area contributed by atoms with E-state index in [1.807, 2.05) is 13.0 Å². The monoisotopic (exact) mass is 341 g/mol. The van der Waals surface area contributed by atoms with Crippen LogP contribution in [0.25, 0.3) is 0 Å². The molecule has 130 valence electrons. The molecular formula is C20H20FNO3. The molecule has 0 aromatic heterocycles. The van der Waals surface area contributed by atoms with Crippen molar-refractivity contribution in [3.05, 3.63) is 69.5 Å². The number of halogens is 1. The normalized spacial score (nSPS) is 13.6. The summed E-state index contributed by atoms with van der Waals surface area (Å²) in [6.45, 7) is 4.56. The Hall–Kier alpha value is -2.69. The number of methoxy groups -OCH3 is 1. The third-order valence-corrected chi connectivity index (χ3v) is 4.71. The van der Waals surface area contributed by atoms with E-state index >= 15 is 0 Å². The summed E-state index contributed by atoms with van der Waals surface area (Å²) in [5.74, 6) is -0.780. The number of benzene rings is 2. The Morgan fingerprint density at radius 1 is 1.28 bits per heavy atom. The highest BCUT2D eigenvalue weighted by molar-refractivity contribution is 6.00. The fourth-order valence-corrected chi connectivity index (χ4v) is 3.48. The molecule has 0 atom stereocenters. The van der Waals surface area contributed by atoms with Crippen LogP contribution >= 0.6 is 0 Å². The first-order valence-corrected chi connectivity index (χ1v) is 8.17. The highest BCUT2D eigenvalue weighted by Crippen LogP contribution is 2.29. The lowest BCUT2D eigenvalue weighted by Crippen LogP contribution is -2.37. The van der Waals surface area contributed by atoms with Crippen molar-refractivity contribution in [2.75, 3.05) is 13.7 Å². The molecule has 0 unspecified atom stereocenters. The minimum atomic E-state index is -0.382. The number of aryl methyl sites for hydroxylation is 1. The van der Waals surface area contributed by atoms with Crippen LogP contribution in [0.3, 0.4) is 0 Å². The molecule has 0 N–H and O–H groups in total. The van der Waals surface area contributed by atoms with E-state index in [0.717, 1.165) is 22.3 Å². The molecule has 1 aliphatic rings. The lowest BCUT2D eigenvalue weighted by atomic mass is 9.88. The number of esters is 1. The number of hydrogen-bond acceptors (Lipinski definition) is 3. The van der Waals surface area contributed by atoms with Crippen molar-refractivity contribution >= 4 is 11.9 Å². The Labute approximate surface area is 146 Å². The van der Waals surface area contributed by atoms with Gasteiger partial charge >= 0.3 is 5.97 Å². The van der Waals surface area contributed by atoms with Gasteiger partial charge in [-0.25, -0.2) is 9.18 Å². The van der Waals surface area contributed by atoms with Crippen molar-refractivity contribution in [1.82, 2.24) is 4.90 Å². The number of nitrogens with zero attached hydrogens (tertiary/aromatic N) is 1. The number of carbonyl (C=O) groups excluding carboxylic acids is 2. The molecule has 1 aliphatic heterocycles. The van der Waals surface area contributed by atoms with Crippen molar-refractivity contribution in [3.8, 4) is 0 Å². The van der Waals surface area contributed by atoms with Gasteiger partial charge in [0.25, 0.3) is 5.91 Å². The highest BCUT2D eigenvalue weighted by atomic mass is 19.1. The number of rotatable bonds is 3. The summed E-state index contributed by atoms with van der Waals surface area (Å²) in [6, 6.07) is 8.04. The maximum atomic E-state index is 13.4. The summed E-state index contributed by atoms with van der Waals surface area (Å²) in [4.78, 5) is 26.6. The summed E-state index contributed by atoms with van der Waals surface area (Å²) in [6.07, 6.45) is 0.659. The van der Waals surface area contributed by atoms with E-state index in [4.69, 9.17) is 4.74 Å². The van der Waals surface area contributed by atoms with E-state index < -0.39 is 0 Å². The Kier molecular flexibility index (Phi) is 4.57. The highest BCUT2D eigenvalue weighted by Gasteiger charge is 2.29. The van der Waals surface area contributed by atoms with Crippen LogP contribution < -0.4 is 0 Å². The third-order valence-electron chi connectivity index (χ3n) is 4.71. The first kappa shape index (κ1) is 17.1. The SMILES string of the molecule is COC(=O)c1c(C)cc2c(c1C)CCN(Cc1cccc(F)c1)C2=O. The topological polar surface area (TPSA) is 46.6 Å². The zero-order chi connectivity index (χ0) is 18.1. The second-order valence-electron chi connectivity index (χ2n) is 6.32. The van der Waals surface area contributed by atoms with Gasteiger partial charge in [-0.1, -0.05) is 12.1 Å². The van der Waals surface area contributed by atoms with Crippen LogP contribution in [0.4, 0.5) is 4.39 Å². The number of amides is 1. The molecule has 0 spiro atoms. The van der Waals surface area contributed by atoms with Crippen molar-refractivity contribution in [2.45, 2.75) is 26.8 Å². The zero-order valence-corrected chi connectivity index (χ0v) is 14.6. The maximum Gasteiger partial charge on any atom is 0.338 e. The Balaban J connectivity index is 1.94. The van der Waals surface area contributed by atoms with Gasteiger partial charge in [-0.2, -0.15) is 0 Å². The Bertz CT molecular complexity index is 860. The van der Waals surface area contributed by atoms with Gasteiger partial charge in [-0.3, -0.25) is 4.79 Å². The number of fused-ring (bicyclic) bond motifs is 1. The second-order valence-corrected chi connectivity index (χ2v) is 6.32. The molecule has 3 rings (SSSR count). The lowest BCUT2D eigenvalue weighted by Gasteiger charge is -2.30. The average molecular weight is 341 g/mol. The average Bonchev–Trinajstić information content (AvgIpc) is 2.58. The van der Waals surface area contributed by atoms with Gasteiger partial charge in [0.15, 0.2) is 0 Å².